The first-order valence-corrected chi connectivity index (χ1v) is 6.17. The van der Waals surface area contributed by atoms with Gasteiger partial charge >= 0.3 is 0 Å². The van der Waals surface area contributed by atoms with E-state index in [2.05, 4.69) is 13.8 Å². The fourth-order valence-electron chi connectivity index (χ4n) is 2.34. The van der Waals surface area contributed by atoms with E-state index in [-0.39, 0.29) is 5.69 Å². The second kappa shape index (κ2) is 4.92. The third kappa shape index (κ3) is 2.60. The average Bonchev–Trinajstić information content (AvgIpc) is 2.31. The van der Waals surface area contributed by atoms with Crippen molar-refractivity contribution in [3.8, 4) is 0 Å². The molecule has 1 aliphatic heterocycles. The van der Waals surface area contributed by atoms with E-state index in [9.17, 15) is 14.5 Å². The number of hydrogen-bond acceptors (Lipinski definition) is 3. The van der Waals surface area contributed by atoms with Gasteiger partial charge in [0.2, 0.25) is 0 Å². The highest BCUT2D eigenvalue weighted by atomic mass is 19.1. The summed E-state index contributed by atoms with van der Waals surface area (Å²) in [5, 5.41) is 10.7. The standard InChI is InChI=1S/C13H17FN2O2/c1-9-3-4-15(8-10(9)2)12-5-11(14)6-13(7-12)16(17)18/h5-7,9-10H,3-4,8H2,1-2H3. The van der Waals surface area contributed by atoms with Crippen molar-refractivity contribution in [2.75, 3.05) is 18.0 Å². The molecule has 2 rings (SSSR count). The Bertz CT molecular complexity index is 464. The molecule has 0 aromatic heterocycles. The molecule has 0 saturated carbocycles. The molecule has 1 fully saturated rings. The van der Waals surface area contributed by atoms with E-state index in [1.807, 2.05) is 4.90 Å². The van der Waals surface area contributed by atoms with Crippen molar-refractivity contribution in [2.24, 2.45) is 11.8 Å². The zero-order chi connectivity index (χ0) is 13.3. The van der Waals surface area contributed by atoms with Crippen molar-refractivity contribution < 1.29 is 9.31 Å². The van der Waals surface area contributed by atoms with E-state index in [1.54, 1.807) is 0 Å². The van der Waals surface area contributed by atoms with Crippen LogP contribution in [-0.2, 0) is 0 Å². The molecule has 0 amide bonds. The quantitative estimate of drug-likeness (QED) is 0.599. The van der Waals surface area contributed by atoms with Gasteiger partial charge in [0.25, 0.3) is 5.69 Å². The number of non-ortho nitro benzene ring substituents is 1. The second-order valence-corrected chi connectivity index (χ2v) is 5.11. The number of nitro benzene ring substituents is 1. The molecule has 0 spiro atoms. The van der Waals surface area contributed by atoms with Crippen LogP contribution in [0.3, 0.4) is 0 Å². The van der Waals surface area contributed by atoms with Crippen LogP contribution in [0.15, 0.2) is 18.2 Å². The number of anilines is 1. The van der Waals surface area contributed by atoms with Gasteiger partial charge in [0, 0.05) is 24.8 Å². The minimum absolute atomic E-state index is 0.184. The molecule has 2 atom stereocenters. The minimum Gasteiger partial charge on any atom is -0.371 e. The third-order valence-corrected chi connectivity index (χ3v) is 3.78. The van der Waals surface area contributed by atoms with Gasteiger partial charge in [-0.25, -0.2) is 4.39 Å². The third-order valence-electron chi connectivity index (χ3n) is 3.78. The second-order valence-electron chi connectivity index (χ2n) is 5.11. The van der Waals surface area contributed by atoms with E-state index in [1.165, 1.54) is 12.1 Å². The number of hydrogen-bond donors (Lipinski definition) is 0. The summed E-state index contributed by atoms with van der Waals surface area (Å²) in [4.78, 5) is 12.2. The molecular weight excluding hydrogens is 235 g/mol. The Morgan fingerprint density at radius 2 is 2.06 bits per heavy atom. The summed E-state index contributed by atoms with van der Waals surface area (Å²) in [6.07, 6.45) is 1.03. The maximum atomic E-state index is 13.4. The Kier molecular flexibility index (Phi) is 3.50. The van der Waals surface area contributed by atoms with Gasteiger partial charge in [-0.2, -0.15) is 0 Å². The molecule has 1 aliphatic rings. The summed E-state index contributed by atoms with van der Waals surface area (Å²) in [6.45, 7) is 6.01. The van der Waals surface area contributed by atoms with Gasteiger partial charge in [0.15, 0.2) is 0 Å². The highest BCUT2D eigenvalue weighted by Crippen LogP contribution is 2.29. The van der Waals surface area contributed by atoms with Crippen LogP contribution in [0.5, 0.6) is 0 Å². The van der Waals surface area contributed by atoms with Crippen molar-refractivity contribution >= 4 is 11.4 Å². The zero-order valence-electron chi connectivity index (χ0n) is 10.6. The molecule has 0 N–H and O–H groups in total. The van der Waals surface area contributed by atoms with Gasteiger partial charge in [-0.05, 0) is 24.3 Å². The highest BCUT2D eigenvalue weighted by Gasteiger charge is 2.24. The summed E-state index contributed by atoms with van der Waals surface area (Å²) in [6, 6.07) is 3.78. The Labute approximate surface area is 106 Å². The van der Waals surface area contributed by atoms with E-state index in [0.29, 0.717) is 17.5 Å². The number of halogens is 1. The molecule has 0 bridgehead atoms. The highest BCUT2D eigenvalue weighted by molar-refractivity contribution is 5.54. The lowest BCUT2D eigenvalue weighted by Gasteiger charge is -2.36. The molecule has 2 unspecified atom stereocenters. The largest absolute Gasteiger partial charge is 0.371 e. The van der Waals surface area contributed by atoms with Gasteiger partial charge in [-0.15, -0.1) is 0 Å². The molecular formula is C13H17FN2O2. The van der Waals surface area contributed by atoms with Crippen molar-refractivity contribution in [2.45, 2.75) is 20.3 Å². The van der Waals surface area contributed by atoms with E-state index in [4.69, 9.17) is 0 Å². The fraction of sp³-hybridized carbons (Fsp3) is 0.538. The first-order valence-electron chi connectivity index (χ1n) is 6.17. The normalized spacial score (nSPS) is 24.1. The van der Waals surface area contributed by atoms with Crippen molar-refractivity contribution in [3.05, 3.63) is 34.1 Å². The summed E-state index contributed by atoms with van der Waals surface area (Å²) in [5.74, 6) is 0.608. The summed E-state index contributed by atoms with van der Waals surface area (Å²) in [5.41, 5.74) is 0.428. The van der Waals surface area contributed by atoms with Crippen LogP contribution in [-0.4, -0.2) is 18.0 Å². The summed E-state index contributed by atoms with van der Waals surface area (Å²) < 4.78 is 13.4. The van der Waals surface area contributed by atoms with Gasteiger partial charge in [0.05, 0.1) is 11.0 Å². The smallest absolute Gasteiger partial charge is 0.274 e. The maximum absolute atomic E-state index is 13.4. The molecule has 0 aliphatic carbocycles. The molecule has 1 heterocycles. The Morgan fingerprint density at radius 3 is 2.67 bits per heavy atom. The van der Waals surface area contributed by atoms with E-state index >= 15 is 0 Å². The van der Waals surface area contributed by atoms with Crippen LogP contribution in [0.25, 0.3) is 0 Å². The lowest BCUT2D eigenvalue weighted by Crippen LogP contribution is -2.38. The first-order chi connectivity index (χ1) is 8.47. The molecule has 1 aromatic rings. The SMILES string of the molecule is CC1CCN(c2cc(F)cc([N+](=O)[O-])c2)CC1C. The van der Waals surface area contributed by atoms with Gasteiger partial charge in [-0.3, -0.25) is 10.1 Å². The summed E-state index contributed by atoms with van der Waals surface area (Å²) in [7, 11) is 0. The van der Waals surface area contributed by atoms with Crippen LogP contribution in [0.4, 0.5) is 15.8 Å². The predicted molar refractivity (Wildman–Crippen MR) is 68.2 cm³/mol. The molecule has 98 valence electrons. The van der Waals surface area contributed by atoms with Crippen molar-refractivity contribution in [1.29, 1.82) is 0 Å². The Morgan fingerprint density at radius 1 is 1.33 bits per heavy atom. The van der Waals surface area contributed by atoms with Gasteiger partial charge in [0.1, 0.15) is 5.82 Å². The van der Waals surface area contributed by atoms with Crippen LogP contribution >= 0.6 is 0 Å². The van der Waals surface area contributed by atoms with Crippen LogP contribution < -0.4 is 4.90 Å². The average molecular weight is 252 g/mol. The zero-order valence-corrected chi connectivity index (χ0v) is 10.6. The van der Waals surface area contributed by atoms with Crippen LogP contribution in [0.2, 0.25) is 0 Å². The molecule has 18 heavy (non-hydrogen) atoms. The lowest BCUT2D eigenvalue weighted by atomic mass is 9.88. The number of nitro groups is 1. The number of benzene rings is 1. The van der Waals surface area contributed by atoms with Gasteiger partial charge in [-0.1, -0.05) is 13.8 Å². The lowest BCUT2D eigenvalue weighted by molar-refractivity contribution is -0.385. The molecule has 5 heteroatoms. The minimum atomic E-state index is -0.553. The molecule has 1 aromatic carbocycles. The maximum Gasteiger partial charge on any atom is 0.274 e. The predicted octanol–water partition coefficient (Wildman–Crippen LogP) is 3.22. The monoisotopic (exact) mass is 252 g/mol. The van der Waals surface area contributed by atoms with Crippen LogP contribution in [0, 0.1) is 27.8 Å². The number of rotatable bonds is 2. The molecule has 4 nitrogen and oxygen atoms in total. The number of piperidine rings is 1. The van der Waals surface area contributed by atoms with Crippen LogP contribution in [0.1, 0.15) is 20.3 Å². The first kappa shape index (κ1) is 12.8. The summed E-state index contributed by atoms with van der Waals surface area (Å²) >= 11 is 0. The number of nitrogens with zero attached hydrogens (tertiary/aromatic N) is 2. The fourth-order valence-corrected chi connectivity index (χ4v) is 2.34. The molecule has 0 radical (unpaired) electrons. The van der Waals surface area contributed by atoms with E-state index in [0.717, 1.165) is 25.6 Å². The topological polar surface area (TPSA) is 46.4 Å². The van der Waals surface area contributed by atoms with Gasteiger partial charge < -0.3 is 4.90 Å². The van der Waals surface area contributed by atoms with E-state index < -0.39 is 10.7 Å². The van der Waals surface area contributed by atoms with Crippen molar-refractivity contribution in [1.82, 2.24) is 0 Å². The molecule has 1 saturated heterocycles. The Hall–Kier alpha value is -1.65. The van der Waals surface area contributed by atoms with Crippen molar-refractivity contribution in [3.63, 3.8) is 0 Å². The Balaban J connectivity index is 2.25.